The van der Waals surface area contributed by atoms with Crippen LogP contribution in [0.2, 0.25) is 0 Å². The summed E-state index contributed by atoms with van der Waals surface area (Å²) in [6, 6.07) is 17.3. The van der Waals surface area contributed by atoms with Crippen molar-refractivity contribution in [2.75, 3.05) is 5.75 Å². The third kappa shape index (κ3) is 3.55. The first kappa shape index (κ1) is 19.7. The Morgan fingerprint density at radius 3 is 2.63 bits per heavy atom. The highest BCUT2D eigenvalue weighted by molar-refractivity contribution is 9.10. The van der Waals surface area contributed by atoms with Gasteiger partial charge in [0.1, 0.15) is 10.3 Å². The second kappa shape index (κ2) is 8.13. The van der Waals surface area contributed by atoms with Gasteiger partial charge in [0.05, 0.1) is 5.75 Å². The molecule has 7 heteroatoms. The molecule has 5 rings (SSSR count). The molecule has 0 spiro atoms. The van der Waals surface area contributed by atoms with Crippen molar-refractivity contribution in [2.45, 2.75) is 24.4 Å². The molecule has 0 fully saturated rings. The molecule has 4 aromatic rings. The van der Waals surface area contributed by atoms with E-state index < -0.39 is 0 Å². The molecule has 4 nitrogen and oxygen atoms in total. The van der Waals surface area contributed by atoms with E-state index in [0.717, 1.165) is 39.8 Å². The third-order valence-corrected chi connectivity index (χ3v) is 7.93. The normalized spacial score (nSPS) is 13.0. The van der Waals surface area contributed by atoms with Crippen molar-refractivity contribution < 1.29 is 4.79 Å². The molecular formula is C23H17BrN2O2S2. The number of para-hydroxylation sites is 1. The van der Waals surface area contributed by atoms with Crippen LogP contribution in [0.15, 0.2) is 69.0 Å². The lowest BCUT2D eigenvalue weighted by Crippen LogP contribution is -2.07. The Balaban J connectivity index is 1.57. The maximum absolute atomic E-state index is 13.1. The van der Waals surface area contributed by atoms with Crippen molar-refractivity contribution in [2.24, 2.45) is 0 Å². The Kier molecular flexibility index (Phi) is 5.35. The molecule has 0 aliphatic heterocycles. The van der Waals surface area contributed by atoms with Gasteiger partial charge < -0.3 is 0 Å². The molecule has 30 heavy (non-hydrogen) atoms. The van der Waals surface area contributed by atoms with Crippen molar-refractivity contribution in [1.29, 1.82) is 0 Å². The molecule has 0 saturated carbocycles. The summed E-state index contributed by atoms with van der Waals surface area (Å²) in [7, 11) is 0. The van der Waals surface area contributed by atoms with E-state index in [1.807, 2.05) is 59.2 Å². The zero-order valence-electron chi connectivity index (χ0n) is 15.9. The second-order valence-electron chi connectivity index (χ2n) is 7.12. The van der Waals surface area contributed by atoms with Crippen LogP contribution < -0.4 is 5.43 Å². The summed E-state index contributed by atoms with van der Waals surface area (Å²) in [4.78, 5) is 32.5. The number of imidazole rings is 1. The van der Waals surface area contributed by atoms with Gasteiger partial charge in [0.25, 0.3) is 0 Å². The molecule has 0 bridgehead atoms. The van der Waals surface area contributed by atoms with Crippen LogP contribution in [0.25, 0.3) is 16.0 Å². The van der Waals surface area contributed by atoms with Crippen LogP contribution in [0.5, 0.6) is 0 Å². The number of benzene rings is 2. The summed E-state index contributed by atoms with van der Waals surface area (Å²) in [6.07, 6.45) is 2.82. The molecule has 150 valence electrons. The van der Waals surface area contributed by atoms with Gasteiger partial charge in [-0.15, -0.1) is 11.3 Å². The Morgan fingerprint density at radius 2 is 1.87 bits per heavy atom. The standard InChI is InChI=1S/C23H17BrN2O2S2/c24-15-11-9-14(10-12-15)18(27)13-29-23-25-20-21(28)17-7-4-8-19(17)30-22(20)26(23)16-5-2-1-3-6-16/h1-3,5-6,9-12H,4,7-8,13H2. The van der Waals surface area contributed by atoms with Gasteiger partial charge in [-0.1, -0.05) is 58.0 Å². The number of hydrogen-bond acceptors (Lipinski definition) is 5. The predicted molar refractivity (Wildman–Crippen MR) is 126 cm³/mol. The number of carbonyl (C=O) groups is 1. The predicted octanol–water partition coefficient (Wildman–Crippen LogP) is 5.67. The smallest absolute Gasteiger partial charge is 0.211 e. The van der Waals surface area contributed by atoms with E-state index in [1.54, 1.807) is 11.3 Å². The summed E-state index contributed by atoms with van der Waals surface area (Å²) in [6.45, 7) is 0. The minimum Gasteiger partial charge on any atom is -0.293 e. The van der Waals surface area contributed by atoms with E-state index in [1.165, 1.54) is 16.6 Å². The summed E-state index contributed by atoms with van der Waals surface area (Å²) in [5.41, 5.74) is 3.11. The van der Waals surface area contributed by atoms with Crippen LogP contribution in [0.1, 0.15) is 27.2 Å². The molecule has 0 radical (unpaired) electrons. The molecule has 0 atom stereocenters. The van der Waals surface area contributed by atoms with Crippen LogP contribution >= 0.6 is 39.0 Å². The third-order valence-electron chi connectivity index (χ3n) is 5.19. The number of aromatic nitrogens is 2. The number of halogens is 1. The minimum atomic E-state index is 0.0349. The molecule has 0 saturated heterocycles. The molecule has 1 aliphatic carbocycles. The van der Waals surface area contributed by atoms with Gasteiger partial charge in [-0.2, -0.15) is 0 Å². The van der Waals surface area contributed by atoms with Gasteiger partial charge in [0.2, 0.25) is 5.43 Å². The van der Waals surface area contributed by atoms with Gasteiger partial charge in [-0.25, -0.2) is 4.98 Å². The van der Waals surface area contributed by atoms with Crippen molar-refractivity contribution in [3.8, 4) is 5.69 Å². The molecule has 0 amide bonds. The molecule has 2 aromatic heterocycles. The lowest BCUT2D eigenvalue weighted by molar-refractivity contribution is 0.102. The molecule has 0 unspecified atom stereocenters. The number of aryl methyl sites for hydroxylation is 1. The number of ketones is 1. The zero-order valence-corrected chi connectivity index (χ0v) is 19.1. The summed E-state index contributed by atoms with van der Waals surface area (Å²) >= 11 is 6.44. The Labute approximate surface area is 190 Å². The number of thioether (sulfide) groups is 1. The lowest BCUT2D eigenvalue weighted by atomic mass is 10.2. The summed E-state index contributed by atoms with van der Waals surface area (Å²) < 4.78 is 2.97. The van der Waals surface area contributed by atoms with E-state index in [2.05, 4.69) is 15.9 Å². The quantitative estimate of drug-likeness (QED) is 0.263. The molecule has 0 N–H and O–H groups in total. The molecule has 2 aromatic carbocycles. The average molecular weight is 497 g/mol. The zero-order chi connectivity index (χ0) is 20.7. The Hall–Kier alpha value is -2.22. The highest BCUT2D eigenvalue weighted by Gasteiger charge is 2.23. The fourth-order valence-electron chi connectivity index (χ4n) is 3.71. The first-order valence-corrected chi connectivity index (χ1v) is 12.3. The van der Waals surface area contributed by atoms with E-state index in [0.29, 0.717) is 16.2 Å². The first-order chi connectivity index (χ1) is 14.6. The second-order valence-corrected chi connectivity index (χ2v) is 10.1. The lowest BCUT2D eigenvalue weighted by Gasteiger charge is -2.09. The van der Waals surface area contributed by atoms with E-state index >= 15 is 0 Å². The van der Waals surface area contributed by atoms with E-state index in [-0.39, 0.29) is 17.0 Å². The average Bonchev–Trinajstić information content (AvgIpc) is 3.38. The Morgan fingerprint density at radius 1 is 1.10 bits per heavy atom. The number of hydrogen-bond donors (Lipinski definition) is 0. The number of rotatable bonds is 5. The number of Topliss-reactive ketones (excluding diaryl/α,β-unsaturated/α-hetero) is 1. The maximum Gasteiger partial charge on any atom is 0.211 e. The van der Waals surface area contributed by atoms with Gasteiger partial charge in [0, 0.05) is 26.2 Å². The number of nitrogens with zero attached hydrogens (tertiary/aromatic N) is 2. The number of carbonyl (C=O) groups excluding carboxylic acids is 1. The Bertz CT molecular complexity index is 1310. The fourth-order valence-corrected chi connectivity index (χ4v) is 6.25. The topological polar surface area (TPSA) is 52.0 Å². The van der Waals surface area contributed by atoms with Crippen molar-refractivity contribution in [1.82, 2.24) is 9.55 Å². The monoisotopic (exact) mass is 496 g/mol. The molecular weight excluding hydrogens is 480 g/mol. The van der Waals surface area contributed by atoms with Gasteiger partial charge >= 0.3 is 0 Å². The van der Waals surface area contributed by atoms with Gasteiger partial charge in [-0.3, -0.25) is 14.2 Å². The van der Waals surface area contributed by atoms with Crippen molar-refractivity contribution in [3.63, 3.8) is 0 Å². The summed E-state index contributed by atoms with van der Waals surface area (Å²) in [5.74, 6) is 0.295. The fraction of sp³-hybridized carbons (Fsp3) is 0.174. The highest BCUT2D eigenvalue weighted by Crippen LogP contribution is 2.34. The van der Waals surface area contributed by atoms with Crippen LogP contribution in [-0.2, 0) is 12.8 Å². The highest BCUT2D eigenvalue weighted by atomic mass is 79.9. The minimum absolute atomic E-state index is 0.0349. The van der Waals surface area contributed by atoms with E-state index in [9.17, 15) is 9.59 Å². The van der Waals surface area contributed by atoms with Crippen molar-refractivity contribution in [3.05, 3.63) is 85.3 Å². The molecule has 2 heterocycles. The SMILES string of the molecule is O=C(CSc1nc2c(=O)c3c(sc2n1-c1ccccc1)CCC3)c1ccc(Br)cc1. The van der Waals surface area contributed by atoms with Crippen LogP contribution in [0.3, 0.4) is 0 Å². The first-order valence-electron chi connectivity index (χ1n) is 9.66. The molecule has 1 aliphatic rings. The van der Waals surface area contributed by atoms with Gasteiger partial charge in [-0.05, 0) is 43.5 Å². The van der Waals surface area contributed by atoms with Crippen molar-refractivity contribution >= 4 is 55.2 Å². The largest absolute Gasteiger partial charge is 0.293 e. The van der Waals surface area contributed by atoms with Crippen LogP contribution in [0.4, 0.5) is 0 Å². The van der Waals surface area contributed by atoms with Crippen LogP contribution in [-0.4, -0.2) is 21.1 Å². The van der Waals surface area contributed by atoms with Gasteiger partial charge in [0.15, 0.2) is 10.9 Å². The maximum atomic E-state index is 13.1. The number of fused-ring (bicyclic) bond motifs is 2. The summed E-state index contributed by atoms with van der Waals surface area (Å²) in [5, 5.41) is 0.679. The van der Waals surface area contributed by atoms with Crippen LogP contribution in [0, 0.1) is 0 Å². The van der Waals surface area contributed by atoms with E-state index in [4.69, 9.17) is 4.98 Å².